The second kappa shape index (κ2) is 3.87. The van der Waals surface area contributed by atoms with Gasteiger partial charge in [-0.3, -0.25) is 4.79 Å². The van der Waals surface area contributed by atoms with Crippen molar-refractivity contribution < 1.29 is 4.79 Å². The number of benzene rings is 1. The highest BCUT2D eigenvalue weighted by Gasteiger charge is 2.09. The van der Waals surface area contributed by atoms with Crippen molar-refractivity contribution in [3.63, 3.8) is 0 Å². The van der Waals surface area contributed by atoms with Gasteiger partial charge in [0.25, 0.3) is 0 Å². The SMILES string of the molecule is Cn1cnc(C=O)c1-c1ccc(Cl)cc1. The minimum atomic E-state index is 0.444. The van der Waals surface area contributed by atoms with Crippen LogP contribution in [0.15, 0.2) is 30.6 Å². The minimum Gasteiger partial charge on any atom is -0.333 e. The average Bonchev–Trinajstić information content (AvgIpc) is 2.61. The van der Waals surface area contributed by atoms with E-state index in [1.165, 1.54) is 0 Å². The van der Waals surface area contributed by atoms with Crippen molar-refractivity contribution in [2.75, 3.05) is 0 Å². The number of imidazole rings is 1. The van der Waals surface area contributed by atoms with Gasteiger partial charge in [-0.05, 0) is 12.1 Å². The van der Waals surface area contributed by atoms with E-state index >= 15 is 0 Å². The first-order chi connectivity index (χ1) is 7.22. The first-order valence-corrected chi connectivity index (χ1v) is 4.82. The summed E-state index contributed by atoms with van der Waals surface area (Å²) < 4.78 is 1.81. The van der Waals surface area contributed by atoms with E-state index in [0.717, 1.165) is 17.5 Å². The maximum atomic E-state index is 10.8. The molecule has 2 aromatic rings. The molecule has 0 amide bonds. The van der Waals surface area contributed by atoms with E-state index in [4.69, 9.17) is 11.6 Å². The molecule has 3 nitrogen and oxygen atoms in total. The van der Waals surface area contributed by atoms with E-state index in [1.807, 2.05) is 23.7 Å². The van der Waals surface area contributed by atoms with Gasteiger partial charge in [0.15, 0.2) is 6.29 Å². The van der Waals surface area contributed by atoms with E-state index in [2.05, 4.69) is 4.98 Å². The van der Waals surface area contributed by atoms with Crippen LogP contribution >= 0.6 is 11.6 Å². The number of halogens is 1. The van der Waals surface area contributed by atoms with Crippen LogP contribution in [0.1, 0.15) is 10.5 Å². The number of rotatable bonds is 2. The van der Waals surface area contributed by atoms with Crippen LogP contribution in [0.2, 0.25) is 5.02 Å². The van der Waals surface area contributed by atoms with Gasteiger partial charge in [0.2, 0.25) is 0 Å². The lowest BCUT2D eigenvalue weighted by Gasteiger charge is -2.03. The van der Waals surface area contributed by atoms with Crippen LogP contribution in [-0.2, 0) is 7.05 Å². The molecule has 1 heterocycles. The van der Waals surface area contributed by atoms with Gasteiger partial charge in [-0.1, -0.05) is 23.7 Å². The fraction of sp³-hybridized carbons (Fsp3) is 0.0909. The Morgan fingerprint density at radius 2 is 2.00 bits per heavy atom. The summed E-state index contributed by atoms with van der Waals surface area (Å²) in [5, 5.41) is 0.675. The first-order valence-electron chi connectivity index (χ1n) is 4.45. The highest BCUT2D eigenvalue weighted by Crippen LogP contribution is 2.23. The predicted octanol–water partition coefficient (Wildman–Crippen LogP) is 2.55. The molecular formula is C11H9ClN2O. The third kappa shape index (κ3) is 1.78. The highest BCUT2D eigenvalue weighted by molar-refractivity contribution is 6.30. The van der Waals surface area contributed by atoms with Crippen LogP contribution in [0.5, 0.6) is 0 Å². The smallest absolute Gasteiger partial charge is 0.170 e. The van der Waals surface area contributed by atoms with Crippen molar-refractivity contribution in [2.24, 2.45) is 7.05 Å². The molecular weight excluding hydrogens is 212 g/mol. The summed E-state index contributed by atoms with van der Waals surface area (Å²) in [7, 11) is 1.85. The Kier molecular flexibility index (Phi) is 2.56. The van der Waals surface area contributed by atoms with Crippen LogP contribution in [0.4, 0.5) is 0 Å². The maximum absolute atomic E-state index is 10.8. The molecule has 0 fully saturated rings. The Balaban J connectivity index is 2.57. The Morgan fingerprint density at radius 3 is 2.60 bits per heavy atom. The minimum absolute atomic E-state index is 0.444. The zero-order valence-corrected chi connectivity index (χ0v) is 8.90. The van der Waals surface area contributed by atoms with Crippen molar-refractivity contribution in [3.05, 3.63) is 41.3 Å². The molecule has 0 unspecified atom stereocenters. The van der Waals surface area contributed by atoms with E-state index in [9.17, 15) is 4.79 Å². The fourth-order valence-electron chi connectivity index (χ4n) is 1.49. The van der Waals surface area contributed by atoms with E-state index in [-0.39, 0.29) is 0 Å². The molecule has 0 spiro atoms. The zero-order valence-electron chi connectivity index (χ0n) is 8.14. The van der Waals surface area contributed by atoms with Gasteiger partial charge in [-0.2, -0.15) is 0 Å². The summed E-state index contributed by atoms with van der Waals surface area (Å²) in [6, 6.07) is 7.32. The van der Waals surface area contributed by atoms with Gasteiger partial charge >= 0.3 is 0 Å². The zero-order chi connectivity index (χ0) is 10.8. The van der Waals surface area contributed by atoms with E-state index < -0.39 is 0 Å². The molecule has 0 saturated carbocycles. The van der Waals surface area contributed by atoms with Crippen molar-refractivity contribution in [1.82, 2.24) is 9.55 Å². The van der Waals surface area contributed by atoms with Crippen molar-refractivity contribution in [1.29, 1.82) is 0 Å². The molecule has 0 aliphatic rings. The summed E-state index contributed by atoms with van der Waals surface area (Å²) in [6.07, 6.45) is 2.37. The van der Waals surface area contributed by atoms with Gasteiger partial charge in [-0.25, -0.2) is 4.98 Å². The van der Waals surface area contributed by atoms with Crippen molar-refractivity contribution >= 4 is 17.9 Å². The molecule has 0 radical (unpaired) electrons. The third-order valence-electron chi connectivity index (χ3n) is 2.19. The Bertz CT molecular complexity index is 488. The number of nitrogens with zero attached hydrogens (tertiary/aromatic N) is 2. The Morgan fingerprint density at radius 1 is 1.33 bits per heavy atom. The van der Waals surface area contributed by atoms with E-state index in [0.29, 0.717) is 10.7 Å². The number of aromatic nitrogens is 2. The monoisotopic (exact) mass is 220 g/mol. The quantitative estimate of drug-likeness (QED) is 0.729. The van der Waals surface area contributed by atoms with Gasteiger partial charge in [-0.15, -0.1) is 0 Å². The lowest BCUT2D eigenvalue weighted by atomic mass is 10.1. The maximum Gasteiger partial charge on any atom is 0.170 e. The summed E-state index contributed by atoms with van der Waals surface area (Å²) >= 11 is 5.79. The number of hydrogen-bond acceptors (Lipinski definition) is 2. The van der Waals surface area contributed by atoms with Crippen molar-refractivity contribution in [2.45, 2.75) is 0 Å². The molecule has 0 N–H and O–H groups in total. The molecule has 15 heavy (non-hydrogen) atoms. The molecule has 0 atom stereocenters. The third-order valence-corrected chi connectivity index (χ3v) is 2.45. The summed E-state index contributed by atoms with van der Waals surface area (Å²) in [5.74, 6) is 0. The fourth-order valence-corrected chi connectivity index (χ4v) is 1.62. The molecule has 4 heteroatoms. The summed E-state index contributed by atoms with van der Waals surface area (Å²) in [4.78, 5) is 14.8. The Hall–Kier alpha value is -1.61. The van der Waals surface area contributed by atoms with Crippen LogP contribution in [0.3, 0.4) is 0 Å². The van der Waals surface area contributed by atoms with Crippen LogP contribution in [0, 0.1) is 0 Å². The molecule has 0 aliphatic heterocycles. The molecule has 0 saturated heterocycles. The van der Waals surface area contributed by atoms with Crippen LogP contribution < -0.4 is 0 Å². The first kappa shape index (κ1) is 9.93. The average molecular weight is 221 g/mol. The normalized spacial score (nSPS) is 10.3. The number of aldehydes is 1. The second-order valence-electron chi connectivity index (χ2n) is 3.21. The molecule has 76 valence electrons. The molecule has 0 bridgehead atoms. The Labute approximate surface area is 92.3 Å². The number of carbonyl (C=O) groups is 1. The van der Waals surface area contributed by atoms with Crippen LogP contribution in [0.25, 0.3) is 11.3 Å². The molecule has 2 rings (SSSR count). The predicted molar refractivity (Wildman–Crippen MR) is 59.0 cm³/mol. The number of carbonyl (C=O) groups excluding carboxylic acids is 1. The lowest BCUT2D eigenvalue weighted by molar-refractivity contribution is 0.112. The molecule has 0 aliphatic carbocycles. The summed E-state index contributed by atoms with van der Waals surface area (Å²) in [5.41, 5.74) is 2.18. The second-order valence-corrected chi connectivity index (χ2v) is 3.65. The number of hydrogen-bond donors (Lipinski definition) is 0. The standard InChI is InChI=1S/C11H9ClN2O/c1-14-7-13-10(6-15)11(14)8-2-4-9(12)5-3-8/h2-7H,1H3. The van der Waals surface area contributed by atoms with Gasteiger partial charge < -0.3 is 4.57 Å². The topological polar surface area (TPSA) is 34.9 Å². The van der Waals surface area contributed by atoms with Gasteiger partial charge in [0.1, 0.15) is 5.69 Å². The molecule has 1 aromatic carbocycles. The van der Waals surface area contributed by atoms with Gasteiger partial charge in [0, 0.05) is 17.6 Å². The summed E-state index contributed by atoms with van der Waals surface area (Å²) in [6.45, 7) is 0. The highest BCUT2D eigenvalue weighted by atomic mass is 35.5. The van der Waals surface area contributed by atoms with Crippen molar-refractivity contribution in [3.8, 4) is 11.3 Å². The van der Waals surface area contributed by atoms with Crippen LogP contribution in [-0.4, -0.2) is 15.8 Å². The largest absolute Gasteiger partial charge is 0.333 e. The lowest BCUT2D eigenvalue weighted by Crippen LogP contribution is -1.92. The van der Waals surface area contributed by atoms with Gasteiger partial charge in [0.05, 0.1) is 12.0 Å². The van der Waals surface area contributed by atoms with E-state index in [1.54, 1.807) is 18.5 Å². The molecule has 1 aromatic heterocycles. The number of aryl methyl sites for hydroxylation is 1.